The zero-order valence-electron chi connectivity index (χ0n) is 13.2. The molecule has 0 saturated carbocycles. The number of nitrogens with one attached hydrogen (secondary N) is 1. The molecule has 0 aliphatic heterocycles. The number of esters is 1. The van der Waals surface area contributed by atoms with Crippen LogP contribution in [0.15, 0.2) is 30.6 Å². The van der Waals surface area contributed by atoms with Gasteiger partial charge in [-0.3, -0.25) is 4.79 Å². The number of aryl methyl sites for hydroxylation is 1. The van der Waals surface area contributed by atoms with Crippen LogP contribution in [0.4, 0.5) is 5.82 Å². The maximum Gasteiger partial charge on any atom is 0.338 e. The van der Waals surface area contributed by atoms with E-state index in [-0.39, 0.29) is 29.4 Å². The van der Waals surface area contributed by atoms with Gasteiger partial charge < -0.3 is 15.8 Å². The molecule has 0 aliphatic rings. The number of hydrogen-bond acceptors (Lipinski definition) is 6. The highest BCUT2D eigenvalue weighted by Gasteiger charge is 2.15. The highest BCUT2D eigenvalue weighted by Crippen LogP contribution is 2.18. The van der Waals surface area contributed by atoms with Gasteiger partial charge in [-0.05, 0) is 31.0 Å². The van der Waals surface area contributed by atoms with E-state index in [2.05, 4.69) is 15.3 Å². The summed E-state index contributed by atoms with van der Waals surface area (Å²) in [6.07, 6.45) is 1.24. The van der Waals surface area contributed by atoms with Crippen LogP contribution in [0.5, 0.6) is 0 Å². The molecule has 0 saturated heterocycles. The van der Waals surface area contributed by atoms with Gasteiger partial charge in [0.2, 0.25) is 0 Å². The van der Waals surface area contributed by atoms with Crippen molar-refractivity contribution in [1.82, 2.24) is 15.3 Å². The normalized spacial score (nSPS) is 11.6. The van der Waals surface area contributed by atoms with E-state index in [9.17, 15) is 9.59 Å². The third-order valence-electron chi connectivity index (χ3n) is 3.42. The molecule has 0 bridgehead atoms. The summed E-state index contributed by atoms with van der Waals surface area (Å²) >= 11 is 0. The summed E-state index contributed by atoms with van der Waals surface area (Å²) in [7, 11) is 1.34. The molecule has 1 aromatic heterocycles. The number of nitrogens with two attached hydrogens (primary N) is 1. The first-order chi connectivity index (χ1) is 10.9. The highest BCUT2D eigenvalue weighted by molar-refractivity contribution is 5.93. The third kappa shape index (κ3) is 3.82. The van der Waals surface area contributed by atoms with Crippen molar-refractivity contribution in [2.24, 2.45) is 0 Å². The van der Waals surface area contributed by atoms with Crippen LogP contribution in [0.2, 0.25) is 0 Å². The van der Waals surface area contributed by atoms with Crippen LogP contribution in [-0.4, -0.2) is 29.0 Å². The maximum atomic E-state index is 12.2. The second-order valence-corrected chi connectivity index (χ2v) is 5.09. The van der Waals surface area contributed by atoms with E-state index in [0.717, 1.165) is 11.1 Å². The Morgan fingerprint density at radius 3 is 2.61 bits per heavy atom. The minimum absolute atomic E-state index is 0.201. The van der Waals surface area contributed by atoms with E-state index in [0.29, 0.717) is 5.56 Å². The molecule has 0 fully saturated rings. The quantitative estimate of drug-likeness (QED) is 0.831. The molecule has 1 atom stereocenters. The fourth-order valence-corrected chi connectivity index (χ4v) is 2.15. The van der Waals surface area contributed by atoms with Crippen molar-refractivity contribution in [3.63, 3.8) is 0 Å². The van der Waals surface area contributed by atoms with E-state index in [1.807, 2.05) is 19.9 Å². The summed E-state index contributed by atoms with van der Waals surface area (Å²) in [5.41, 5.74) is 7.89. The minimum atomic E-state index is -0.387. The standard InChI is InChI=1S/C16H18N4O3/c1-9-6-11(4-5-12(9)16(22)23-3)10(2)20-15(21)13-7-14(17)19-8-18-13/h4-8,10H,1-3H3,(H,20,21)(H2,17,18,19)/t10-/m0/s1. The highest BCUT2D eigenvalue weighted by atomic mass is 16.5. The molecule has 7 heteroatoms. The minimum Gasteiger partial charge on any atom is -0.465 e. The van der Waals surface area contributed by atoms with Crippen LogP contribution >= 0.6 is 0 Å². The SMILES string of the molecule is COC(=O)c1ccc([C@H](C)NC(=O)c2cc(N)ncn2)cc1C. The summed E-state index contributed by atoms with van der Waals surface area (Å²) in [6.45, 7) is 3.66. The Kier molecular flexibility index (Phi) is 4.90. The summed E-state index contributed by atoms with van der Waals surface area (Å²) in [6, 6.07) is 6.45. The van der Waals surface area contributed by atoms with Crippen LogP contribution in [0.3, 0.4) is 0 Å². The third-order valence-corrected chi connectivity index (χ3v) is 3.42. The van der Waals surface area contributed by atoms with E-state index in [1.54, 1.807) is 12.1 Å². The van der Waals surface area contributed by atoms with Crippen LogP contribution in [0.1, 0.15) is 44.9 Å². The molecule has 7 nitrogen and oxygen atoms in total. The van der Waals surface area contributed by atoms with Gasteiger partial charge in [0.05, 0.1) is 18.7 Å². The van der Waals surface area contributed by atoms with Crippen molar-refractivity contribution in [2.45, 2.75) is 19.9 Å². The van der Waals surface area contributed by atoms with Gasteiger partial charge >= 0.3 is 5.97 Å². The van der Waals surface area contributed by atoms with Crippen LogP contribution in [-0.2, 0) is 4.74 Å². The number of hydrogen-bond donors (Lipinski definition) is 2. The molecule has 1 aromatic carbocycles. The number of nitrogen functional groups attached to an aromatic ring is 1. The molecule has 1 heterocycles. The second-order valence-electron chi connectivity index (χ2n) is 5.09. The number of rotatable bonds is 4. The van der Waals surface area contributed by atoms with Crippen molar-refractivity contribution >= 4 is 17.7 Å². The number of carbonyl (C=O) groups is 2. The van der Waals surface area contributed by atoms with Gasteiger partial charge in [-0.1, -0.05) is 12.1 Å². The monoisotopic (exact) mass is 314 g/mol. The van der Waals surface area contributed by atoms with Gasteiger partial charge in [0.15, 0.2) is 0 Å². The van der Waals surface area contributed by atoms with Gasteiger partial charge in [-0.2, -0.15) is 0 Å². The Morgan fingerprint density at radius 1 is 1.26 bits per heavy atom. The Bertz CT molecular complexity index is 746. The molecule has 3 N–H and O–H groups in total. The predicted molar refractivity (Wildman–Crippen MR) is 84.8 cm³/mol. The Morgan fingerprint density at radius 2 is 2.00 bits per heavy atom. The zero-order chi connectivity index (χ0) is 17.0. The smallest absolute Gasteiger partial charge is 0.338 e. The number of nitrogens with zero attached hydrogens (tertiary/aromatic N) is 2. The largest absolute Gasteiger partial charge is 0.465 e. The Balaban J connectivity index is 2.14. The molecule has 0 radical (unpaired) electrons. The van der Waals surface area contributed by atoms with Gasteiger partial charge in [-0.25, -0.2) is 14.8 Å². The molecule has 2 rings (SSSR count). The summed E-state index contributed by atoms with van der Waals surface area (Å²) in [5.74, 6) is -0.500. The lowest BCUT2D eigenvalue weighted by molar-refractivity contribution is 0.0599. The number of ether oxygens (including phenoxy) is 1. The number of anilines is 1. The number of benzene rings is 1. The molecule has 0 spiro atoms. The van der Waals surface area contributed by atoms with Crippen molar-refractivity contribution in [1.29, 1.82) is 0 Å². The second kappa shape index (κ2) is 6.87. The average Bonchev–Trinajstić information content (AvgIpc) is 2.53. The van der Waals surface area contributed by atoms with Crippen molar-refractivity contribution in [3.8, 4) is 0 Å². The van der Waals surface area contributed by atoms with E-state index in [4.69, 9.17) is 10.5 Å². The number of carbonyl (C=O) groups excluding carboxylic acids is 2. The summed E-state index contributed by atoms with van der Waals surface area (Å²) in [4.78, 5) is 31.4. The lowest BCUT2D eigenvalue weighted by atomic mass is 10.0. The zero-order valence-corrected chi connectivity index (χ0v) is 13.2. The number of aromatic nitrogens is 2. The molecule has 23 heavy (non-hydrogen) atoms. The Labute approximate surface area is 133 Å². The topological polar surface area (TPSA) is 107 Å². The van der Waals surface area contributed by atoms with Gasteiger partial charge in [0.25, 0.3) is 5.91 Å². The van der Waals surface area contributed by atoms with E-state index in [1.165, 1.54) is 19.5 Å². The van der Waals surface area contributed by atoms with Crippen LogP contribution in [0, 0.1) is 6.92 Å². The van der Waals surface area contributed by atoms with Crippen molar-refractivity contribution in [3.05, 3.63) is 53.0 Å². The van der Waals surface area contributed by atoms with E-state index < -0.39 is 0 Å². The lowest BCUT2D eigenvalue weighted by Crippen LogP contribution is -2.27. The Hall–Kier alpha value is -2.96. The molecular weight excluding hydrogens is 296 g/mol. The fraction of sp³-hybridized carbons (Fsp3) is 0.250. The lowest BCUT2D eigenvalue weighted by Gasteiger charge is -2.15. The molecule has 0 unspecified atom stereocenters. The van der Waals surface area contributed by atoms with Crippen LogP contribution in [0.25, 0.3) is 0 Å². The first-order valence-corrected chi connectivity index (χ1v) is 6.99. The number of methoxy groups -OCH3 is 1. The van der Waals surface area contributed by atoms with Crippen molar-refractivity contribution in [2.75, 3.05) is 12.8 Å². The van der Waals surface area contributed by atoms with Gasteiger partial charge in [0, 0.05) is 6.07 Å². The molecule has 0 aliphatic carbocycles. The number of amides is 1. The van der Waals surface area contributed by atoms with Crippen LogP contribution < -0.4 is 11.1 Å². The molecule has 120 valence electrons. The average molecular weight is 314 g/mol. The van der Waals surface area contributed by atoms with Gasteiger partial charge in [0.1, 0.15) is 17.8 Å². The predicted octanol–water partition coefficient (Wildman–Crippen LogP) is 1.64. The summed E-state index contributed by atoms with van der Waals surface area (Å²) in [5, 5.41) is 2.83. The maximum absolute atomic E-state index is 12.2. The molecular formula is C16H18N4O3. The first kappa shape index (κ1) is 16.4. The molecule has 2 aromatic rings. The van der Waals surface area contributed by atoms with Gasteiger partial charge in [-0.15, -0.1) is 0 Å². The summed E-state index contributed by atoms with van der Waals surface area (Å²) < 4.78 is 4.72. The van der Waals surface area contributed by atoms with E-state index >= 15 is 0 Å². The van der Waals surface area contributed by atoms with Crippen molar-refractivity contribution < 1.29 is 14.3 Å². The first-order valence-electron chi connectivity index (χ1n) is 6.99. The fourth-order valence-electron chi connectivity index (χ4n) is 2.15. The molecule has 1 amide bonds.